The lowest BCUT2D eigenvalue weighted by molar-refractivity contribution is 0.582. The SMILES string of the molecule is S=C=N[C@@H]1C[C@H]2C=C[C@H]1C2. The van der Waals surface area contributed by atoms with Crippen LogP contribution in [0.15, 0.2) is 17.1 Å². The van der Waals surface area contributed by atoms with Crippen molar-refractivity contribution >= 4 is 17.4 Å². The van der Waals surface area contributed by atoms with Gasteiger partial charge in [-0.2, -0.15) is 0 Å². The van der Waals surface area contributed by atoms with E-state index in [1.54, 1.807) is 0 Å². The number of hydrogen-bond donors (Lipinski definition) is 0. The van der Waals surface area contributed by atoms with Gasteiger partial charge >= 0.3 is 0 Å². The zero-order chi connectivity index (χ0) is 6.97. The van der Waals surface area contributed by atoms with Crippen LogP contribution in [0.1, 0.15) is 12.8 Å². The van der Waals surface area contributed by atoms with Gasteiger partial charge in [0, 0.05) is 5.92 Å². The Labute approximate surface area is 65.8 Å². The molecule has 0 N–H and O–H groups in total. The van der Waals surface area contributed by atoms with Gasteiger partial charge in [0.05, 0.1) is 11.2 Å². The molecule has 2 aliphatic rings. The predicted molar refractivity (Wildman–Crippen MR) is 44.2 cm³/mol. The van der Waals surface area contributed by atoms with E-state index in [-0.39, 0.29) is 0 Å². The average molecular weight is 151 g/mol. The van der Waals surface area contributed by atoms with E-state index >= 15 is 0 Å². The molecule has 0 saturated heterocycles. The normalized spacial score (nSPS) is 41.8. The molecule has 0 aromatic heterocycles. The van der Waals surface area contributed by atoms with Crippen molar-refractivity contribution in [3.8, 4) is 0 Å². The maximum atomic E-state index is 4.56. The molecule has 52 valence electrons. The molecule has 0 heterocycles. The zero-order valence-corrected chi connectivity index (χ0v) is 6.47. The zero-order valence-electron chi connectivity index (χ0n) is 5.66. The molecule has 1 fully saturated rings. The molecule has 0 radical (unpaired) electrons. The van der Waals surface area contributed by atoms with Crippen LogP contribution in [0.25, 0.3) is 0 Å². The van der Waals surface area contributed by atoms with Crippen molar-refractivity contribution in [2.75, 3.05) is 0 Å². The monoisotopic (exact) mass is 151 g/mol. The van der Waals surface area contributed by atoms with Crippen LogP contribution in [-0.2, 0) is 0 Å². The minimum Gasteiger partial charge on any atom is -0.229 e. The molecular formula is C8H9NS. The van der Waals surface area contributed by atoms with Crippen LogP contribution in [-0.4, -0.2) is 11.2 Å². The van der Waals surface area contributed by atoms with Crippen LogP contribution < -0.4 is 0 Å². The Morgan fingerprint density at radius 3 is 2.80 bits per heavy atom. The van der Waals surface area contributed by atoms with Crippen LogP contribution in [0, 0.1) is 11.8 Å². The second-order valence-corrected chi connectivity index (χ2v) is 3.25. The third-order valence-corrected chi connectivity index (χ3v) is 2.57. The van der Waals surface area contributed by atoms with Crippen molar-refractivity contribution in [3.05, 3.63) is 12.2 Å². The standard InChI is InChI=1S/C8H9NS/c10-5-9-8-4-6-1-2-7(8)3-6/h1-2,6-8H,3-4H2/t6-,7-,8+/m0/s1. The van der Waals surface area contributed by atoms with E-state index < -0.39 is 0 Å². The topological polar surface area (TPSA) is 12.4 Å². The lowest BCUT2D eigenvalue weighted by atomic mass is 10.0. The van der Waals surface area contributed by atoms with E-state index in [2.05, 4.69) is 34.5 Å². The van der Waals surface area contributed by atoms with Crippen LogP contribution in [0.4, 0.5) is 0 Å². The molecule has 2 aliphatic carbocycles. The third-order valence-electron chi connectivity index (χ3n) is 2.46. The van der Waals surface area contributed by atoms with Gasteiger partial charge in [-0.25, -0.2) is 4.99 Å². The summed E-state index contributed by atoms with van der Waals surface area (Å²) in [7, 11) is 0. The summed E-state index contributed by atoms with van der Waals surface area (Å²) in [5.74, 6) is 1.47. The number of fused-ring (bicyclic) bond motifs is 2. The second-order valence-electron chi connectivity index (χ2n) is 3.07. The molecule has 2 bridgehead atoms. The highest BCUT2D eigenvalue weighted by Crippen LogP contribution is 2.40. The van der Waals surface area contributed by atoms with Crippen molar-refractivity contribution < 1.29 is 0 Å². The largest absolute Gasteiger partial charge is 0.229 e. The minimum atomic E-state index is 0.465. The fraction of sp³-hybridized carbons (Fsp3) is 0.625. The maximum Gasteiger partial charge on any atom is 0.0671 e. The number of aliphatic imine (C=N–C) groups is 1. The molecule has 2 rings (SSSR count). The summed E-state index contributed by atoms with van der Waals surface area (Å²) in [6, 6.07) is 0.465. The number of hydrogen-bond acceptors (Lipinski definition) is 2. The highest BCUT2D eigenvalue weighted by molar-refractivity contribution is 7.78. The van der Waals surface area contributed by atoms with Crippen molar-refractivity contribution in [3.63, 3.8) is 0 Å². The Bertz CT molecular complexity index is 215. The molecule has 10 heavy (non-hydrogen) atoms. The molecule has 0 aliphatic heterocycles. The smallest absolute Gasteiger partial charge is 0.0671 e. The van der Waals surface area contributed by atoms with E-state index in [4.69, 9.17) is 0 Å². The maximum absolute atomic E-state index is 4.56. The van der Waals surface area contributed by atoms with Crippen LogP contribution in [0.2, 0.25) is 0 Å². The number of nitrogens with zero attached hydrogens (tertiary/aromatic N) is 1. The van der Waals surface area contributed by atoms with Gasteiger partial charge in [-0.05, 0) is 31.0 Å². The van der Waals surface area contributed by atoms with Crippen molar-refractivity contribution in [2.45, 2.75) is 18.9 Å². The molecule has 1 nitrogen and oxygen atoms in total. The summed E-state index contributed by atoms with van der Waals surface area (Å²) in [6.07, 6.45) is 7.07. The Morgan fingerprint density at radius 2 is 2.30 bits per heavy atom. The van der Waals surface area contributed by atoms with Gasteiger partial charge in [0.1, 0.15) is 0 Å². The molecule has 0 spiro atoms. The molecule has 0 aromatic carbocycles. The summed E-state index contributed by atoms with van der Waals surface area (Å²) >= 11 is 4.56. The van der Waals surface area contributed by atoms with Gasteiger partial charge in [-0.3, -0.25) is 0 Å². The minimum absolute atomic E-state index is 0.465. The Hall–Kier alpha value is -0.460. The lowest BCUT2D eigenvalue weighted by Crippen LogP contribution is -2.09. The van der Waals surface area contributed by atoms with Crippen molar-refractivity contribution in [1.82, 2.24) is 0 Å². The Morgan fingerprint density at radius 1 is 1.40 bits per heavy atom. The first-order valence-corrected chi connectivity index (χ1v) is 4.06. The van der Waals surface area contributed by atoms with Gasteiger partial charge in [-0.15, -0.1) is 0 Å². The van der Waals surface area contributed by atoms with Gasteiger partial charge in [0.15, 0.2) is 0 Å². The summed E-state index contributed by atoms with van der Waals surface area (Å²) in [5.41, 5.74) is 0. The summed E-state index contributed by atoms with van der Waals surface area (Å²) in [6.45, 7) is 0. The highest BCUT2D eigenvalue weighted by Gasteiger charge is 2.35. The fourth-order valence-electron chi connectivity index (χ4n) is 1.97. The van der Waals surface area contributed by atoms with E-state index in [1.807, 2.05) is 0 Å². The Kier molecular flexibility index (Phi) is 1.44. The number of isothiocyanates is 1. The molecule has 2 heteroatoms. The third kappa shape index (κ3) is 0.845. The van der Waals surface area contributed by atoms with Crippen LogP contribution in [0.3, 0.4) is 0 Å². The van der Waals surface area contributed by atoms with Crippen LogP contribution in [0.5, 0.6) is 0 Å². The Balaban J connectivity index is 2.16. The van der Waals surface area contributed by atoms with Gasteiger partial charge in [0.25, 0.3) is 0 Å². The average Bonchev–Trinajstić information content (AvgIpc) is 2.48. The van der Waals surface area contributed by atoms with Crippen molar-refractivity contribution in [1.29, 1.82) is 0 Å². The van der Waals surface area contributed by atoms with E-state index in [1.165, 1.54) is 12.8 Å². The summed E-state index contributed by atoms with van der Waals surface area (Å²) in [4.78, 5) is 4.12. The molecule has 0 amide bonds. The first-order valence-electron chi connectivity index (χ1n) is 3.65. The fourth-order valence-corrected chi connectivity index (χ4v) is 2.10. The van der Waals surface area contributed by atoms with Gasteiger partial charge < -0.3 is 0 Å². The highest BCUT2D eigenvalue weighted by atomic mass is 32.1. The van der Waals surface area contributed by atoms with E-state index in [0.29, 0.717) is 12.0 Å². The first kappa shape index (κ1) is 6.26. The predicted octanol–water partition coefficient (Wildman–Crippen LogP) is 2.05. The second kappa shape index (κ2) is 2.30. The number of rotatable bonds is 1. The molecule has 3 atom stereocenters. The van der Waals surface area contributed by atoms with Crippen LogP contribution >= 0.6 is 12.2 Å². The number of thiocarbonyl (C=S) groups is 1. The lowest BCUT2D eigenvalue weighted by Gasteiger charge is -2.09. The van der Waals surface area contributed by atoms with E-state index in [0.717, 1.165) is 5.92 Å². The van der Waals surface area contributed by atoms with Crippen molar-refractivity contribution in [2.24, 2.45) is 16.8 Å². The molecule has 0 unspecified atom stereocenters. The quantitative estimate of drug-likeness (QED) is 0.317. The van der Waals surface area contributed by atoms with E-state index in [9.17, 15) is 0 Å². The molecular weight excluding hydrogens is 142 g/mol. The summed E-state index contributed by atoms with van der Waals surface area (Å²) in [5, 5.41) is 2.47. The molecule has 1 saturated carbocycles. The summed E-state index contributed by atoms with van der Waals surface area (Å²) < 4.78 is 0. The molecule has 0 aromatic rings. The van der Waals surface area contributed by atoms with Gasteiger partial charge in [0.2, 0.25) is 0 Å². The van der Waals surface area contributed by atoms with Gasteiger partial charge in [-0.1, -0.05) is 12.2 Å². The first-order chi connectivity index (χ1) is 4.90. The number of allylic oxidation sites excluding steroid dienone is 1.